The molecule has 0 saturated heterocycles. The van der Waals surface area contributed by atoms with Crippen LogP contribution in [0.5, 0.6) is 0 Å². The third kappa shape index (κ3) is 5.38. The molecular weight excluding hydrogens is 362 g/mol. The van der Waals surface area contributed by atoms with Crippen molar-refractivity contribution in [2.24, 2.45) is 0 Å². The summed E-state index contributed by atoms with van der Waals surface area (Å²) in [5.74, 6) is 0.881. The number of carbonyl (C=O) groups excluding carboxylic acids is 1. The number of rotatable bonds is 6. The van der Waals surface area contributed by atoms with Crippen molar-refractivity contribution in [2.45, 2.75) is 24.0 Å². The summed E-state index contributed by atoms with van der Waals surface area (Å²) in [6.07, 6.45) is 0.336. The zero-order chi connectivity index (χ0) is 18.4. The molecule has 0 aromatic heterocycles. The fourth-order valence-corrected chi connectivity index (χ4v) is 3.61. The molecule has 0 saturated carbocycles. The Hall–Kier alpha value is -2.23. The maximum atomic E-state index is 12.3. The third-order valence-electron chi connectivity index (χ3n) is 3.99. The van der Waals surface area contributed by atoms with Crippen molar-refractivity contribution >= 4 is 35.0 Å². The van der Waals surface area contributed by atoms with Crippen LogP contribution in [0.15, 0.2) is 77.7 Å². The van der Waals surface area contributed by atoms with Crippen LogP contribution in [0.4, 0.5) is 5.69 Å². The van der Waals surface area contributed by atoms with Gasteiger partial charge in [0.1, 0.15) is 0 Å². The zero-order valence-electron chi connectivity index (χ0n) is 14.5. The molecule has 0 bridgehead atoms. The van der Waals surface area contributed by atoms with Crippen LogP contribution >= 0.6 is 23.4 Å². The molecule has 0 radical (unpaired) electrons. The summed E-state index contributed by atoms with van der Waals surface area (Å²) in [6.45, 7) is 2.02. The lowest BCUT2D eigenvalue weighted by Crippen LogP contribution is -2.15. The Kier molecular flexibility index (Phi) is 6.37. The summed E-state index contributed by atoms with van der Waals surface area (Å²) in [5.41, 5.74) is 4.12. The van der Waals surface area contributed by atoms with E-state index in [9.17, 15) is 4.79 Å². The summed E-state index contributed by atoms with van der Waals surface area (Å²) in [5, 5.41) is 3.67. The number of anilines is 1. The molecule has 1 amide bonds. The smallest absolute Gasteiger partial charge is 0.228 e. The summed E-state index contributed by atoms with van der Waals surface area (Å²) in [4.78, 5) is 13.5. The quantitative estimate of drug-likeness (QED) is 0.521. The Balaban J connectivity index is 1.58. The summed E-state index contributed by atoms with van der Waals surface area (Å²) >= 11 is 7.68. The molecule has 3 rings (SSSR count). The van der Waals surface area contributed by atoms with Crippen molar-refractivity contribution in [3.05, 3.63) is 94.5 Å². The van der Waals surface area contributed by atoms with Crippen LogP contribution in [-0.2, 0) is 17.0 Å². The van der Waals surface area contributed by atoms with Gasteiger partial charge in [0.2, 0.25) is 5.91 Å². The average molecular weight is 382 g/mol. The SMILES string of the molecule is Cc1cc(CSc2ccccc2)ccc1NC(=O)Cc1ccc(Cl)cc1. The molecule has 0 fully saturated rings. The highest BCUT2D eigenvalue weighted by Crippen LogP contribution is 2.25. The molecule has 4 heteroatoms. The van der Waals surface area contributed by atoms with Crippen LogP contribution in [0.1, 0.15) is 16.7 Å². The molecule has 3 aromatic carbocycles. The van der Waals surface area contributed by atoms with Crippen molar-refractivity contribution in [3.63, 3.8) is 0 Å². The number of benzene rings is 3. The Morgan fingerprint density at radius 2 is 1.65 bits per heavy atom. The van der Waals surface area contributed by atoms with Crippen LogP contribution in [0.2, 0.25) is 5.02 Å². The number of aryl methyl sites for hydroxylation is 1. The van der Waals surface area contributed by atoms with E-state index in [1.165, 1.54) is 10.5 Å². The van der Waals surface area contributed by atoms with Gasteiger partial charge in [0, 0.05) is 21.4 Å². The first-order valence-corrected chi connectivity index (χ1v) is 9.78. The highest BCUT2D eigenvalue weighted by molar-refractivity contribution is 7.98. The van der Waals surface area contributed by atoms with Gasteiger partial charge in [0.25, 0.3) is 0 Å². The monoisotopic (exact) mass is 381 g/mol. The molecule has 3 aromatic rings. The van der Waals surface area contributed by atoms with E-state index < -0.39 is 0 Å². The minimum Gasteiger partial charge on any atom is -0.326 e. The fraction of sp³-hybridized carbons (Fsp3) is 0.136. The van der Waals surface area contributed by atoms with E-state index in [4.69, 9.17) is 11.6 Å². The van der Waals surface area contributed by atoms with Crippen LogP contribution in [0.25, 0.3) is 0 Å². The number of halogens is 1. The Bertz CT molecular complexity index is 878. The van der Waals surface area contributed by atoms with Crippen LogP contribution in [0, 0.1) is 6.92 Å². The lowest BCUT2D eigenvalue weighted by molar-refractivity contribution is -0.115. The average Bonchev–Trinajstić information content (AvgIpc) is 2.65. The molecule has 0 spiro atoms. The molecule has 0 unspecified atom stereocenters. The molecule has 0 heterocycles. The van der Waals surface area contributed by atoms with Crippen molar-refractivity contribution in [1.29, 1.82) is 0 Å². The van der Waals surface area contributed by atoms with Gasteiger partial charge in [-0.05, 0) is 53.9 Å². The summed E-state index contributed by atoms with van der Waals surface area (Å²) < 4.78 is 0. The number of amides is 1. The van der Waals surface area contributed by atoms with E-state index in [0.29, 0.717) is 11.4 Å². The topological polar surface area (TPSA) is 29.1 Å². The van der Waals surface area contributed by atoms with E-state index >= 15 is 0 Å². The van der Waals surface area contributed by atoms with E-state index in [0.717, 1.165) is 22.6 Å². The molecule has 26 heavy (non-hydrogen) atoms. The number of hydrogen-bond acceptors (Lipinski definition) is 2. The molecule has 0 atom stereocenters. The minimum atomic E-state index is -0.0261. The van der Waals surface area contributed by atoms with Gasteiger partial charge in [0.05, 0.1) is 6.42 Å². The van der Waals surface area contributed by atoms with Gasteiger partial charge in [-0.25, -0.2) is 0 Å². The van der Waals surface area contributed by atoms with E-state index in [2.05, 4.69) is 29.6 Å². The molecule has 2 nitrogen and oxygen atoms in total. The molecule has 0 aliphatic heterocycles. The number of nitrogens with one attached hydrogen (secondary N) is 1. The van der Waals surface area contributed by atoms with Crippen molar-refractivity contribution in [1.82, 2.24) is 0 Å². The number of thioether (sulfide) groups is 1. The first kappa shape index (κ1) is 18.6. The van der Waals surface area contributed by atoms with E-state index in [-0.39, 0.29) is 5.91 Å². The minimum absolute atomic E-state index is 0.0261. The molecular formula is C22H20ClNOS. The second-order valence-corrected chi connectivity index (χ2v) is 7.59. The maximum Gasteiger partial charge on any atom is 0.228 e. The van der Waals surface area contributed by atoms with Crippen LogP contribution in [0.3, 0.4) is 0 Å². The molecule has 0 aliphatic rings. The van der Waals surface area contributed by atoms with Crippen molar-refractivity contribution < 1.29 is 4.79 Å². The van der Waals surface area contributed by atoms with Gasteiger partial charge in [-0.2, -0.15) is 0 Å². The lowest BCUT2D eigenvalue weighted by atomic mass is 10.1. The zero-order valence-corrected chi connectivity index (χ0v) is 16.1. The Labute approximate surface area is 163 Å². The first-order chi connectivity index (χ1) is 12.6. The molecule has 0 aliphatic carbocycles. The van der Waals surface area contributed by atoms with Gasteiger partial charge < -0.3 is 5.32 Å². The highest BCUT2D eigenvalue weighted by atomic mass is 35.5. The maximum absolute atomic E-state index is 12.3. The summed E-state index contributed by atoms with van der Waals surface area (Å²) in [7, 11) is 0. The van der Waals surface area contributed by atoms with E-state index in [1.807, 2.05) is 43.3 Å². The van der Waals surface area contributed by atoms with E-state index in [1.54, 1.807) is 23.9 Å². The van der Waals surface area contributed by atoms with Gasteiger partial charge >= 0.3 is 0 Å². The number of carbonyl (C=O) groups is 1. The third-order valence-corrected chi connectivity index (χ3v) is 5.33. The van der Waals surface area contributed by atoms with Crippen LogP contribution in [-0.4, -0.2) is 5.91 Å². The predicted octanol–water partition coefficient (Wildman–Crippen LogP) is 6.12. The van der Waals surface area contributed by atoms with Gasteiger partial charge in [-0.1, -0.05) is 54.1 Å². The van der Waals surface area contributed by atoms with Gasteiger partial charge in [0.15, 0.2) is 0 Å². The largest absolute Gasteiger partial charge is 0.326 e. The van der Waals surface area contributed by atoms with Crippen LogP contribution < -0.4 is 5.32 Å². The fourth-order valence-electron chi connectivity index (χ4n) is 2.62. The first-order valence-electron chi connectivity index (χ1n) is 8.42. The standard InChI is InChI=1S/C22H20ClNOS/c1-16-13-18(15-26-20-5-3-2-4-6-20)9-12-21(16)24-22(25)14-17-7-10-19(23)11-8-17/h2-13H,14-15H2,1H3,(H,24,25). The molecule has 1 N–H and O–H groups in total. The van der Waals surface area contributed by atoms with Gasteiger partial charge in [-0.15, -0.1) is 11.8 Å². The second-order valence-electron chi connectivity index (χ2n) is 6.10. The summed E-state index contributed by atoms with van der Waals surface area (Å²) in [6, 6.07) is 23.9. The van der Waals surface area contributed by atoms with Crippen molar-refractivity contribution in [2.75, 3.05) is 5.32 Å². The molecule has 132 valence electrons. The predicted molar refractivity (Wildman–Crippen MR) is 111 cm³/mol. The Morgan fingerprint density at radius 1 is 0.962 bits per heavy atom. The number of hydrogen-bond donors (Lipinski definition) is 1. The normalized spacial score (nSPS) is 10.5. The lowest BCUT2D eigenvalue weighted by Gasteiger charge is -2.11. The highest BCUT2D eigenvalue weighted by Gasteiger charge is 2.07. The van der Waals surface area contributed by atoms with Crippen molar-refractivity contribution in [3.8, 4) is 0 Å². The van der Waals surface area contributed by atoms with Gasteiger partial charge in [-0.3, -0.25) is 4.79 Å². The Morgan fingerprint density at radius 3 is 2.35 bits per heavy atom. The second kappa shape index (κ2) is 8.93.